The molecule has 1 amide bonds. The van der Waals surface area contributed by atoms with Crippen molar-refractivity contribution < 1.29 is 45.8 Å². The second kappa shape index (κ2) is 13.7. The highest BCUT2D eigenvalue weighted by Crippen LogP contribution is 2.42. The van der Waals surface area contributed by atoms with Crippen LogP contribution in [-0.2, 0) is 22.2 Å². The molecule has 2 atom stereocenters. The Morgan fingerprint density at radius 3 is 2.41 bits per heavy atom. The number of hydrogen-bond donors (Lipinski definition) is 2. The van der Waals surface area contributed by atoms with Crippen molar-refractivity contribution in [3.05, 3.63) is 115 Å². The molecule has 2 aliphatic heterocycles. The summed E-state index contributed by atoms with van der Waals surface area (Å²) in [5.41, 5.74) is -2.36. The summed E-state index contributed by atoms with van der Waals surface area (Å²) < 4.78 is 94.5. The lowest BCUT2D eigenvalue weighted by Gasteiger charge is -2.34. The second-order valence-electron chi connectivity index (χ2n) is 12.7. The lowest BCUT2D eigenvalue weighted by molar-refractivity contribution is -0.139. The Labute approximate surface area is 292 Å². The van der Waals surface area contributed by atoms with Gasteiger partial charge in [0.1, 0.15) is 35.3 Å². The molecule has 4 bridgehead atoms. The molecular weight excluding hydrogens is 704 g/mol. The number of benzene rings is 3. The Morgan fingerprint density at radius 1 is 1.02 bits per heavy atom. The normalized spacial score (nSPS) is 18.0. The molecule has 0 spiro atoms. The number of carboxylic acids is 1. The SMILES string of the molecule is Cc1cc2cc(c1F)[C@@H](CC(=O)O)NC(=O)[C@H](n1cc(CCN3CC(F)C3)c(C(F)(F)F)cc1=O)c1cc(ccc1F)Oc1cc(Cl)cc(C)c1-2. The monoisotopic (exact) mass is 733 g/mol. The van der Waals surface area contributed by atoms with Crippen molar-refractivity contribution >= 4 is 23.5 Å². The molecule has 0 saturated carbocycles. The average molecular weight is 734 g/mol. The highest BCUT2D eigenvalue weighted by Gasteiger charge is 2.38. The van der Waals surface area contributed by atoms with E-state index in [-0.39, 0.29) is 53.7 Å². The van der Waals surface area contributed by atoms with Crippen LogP contribution >= 0.6 is 11.6 Å². The number of nitrogens with one attached hydrogen (secondary N) is 1. The highest BCUT2D eigenvalue weighted by molar-refractivity contribution is 6.31. The quantitative estimate of drug-likeness (QED) is 0.202. The van der Waals surface area contributed by atoms with Crippen molar-refractivity contribution in [1.29, 1.82) is 0 Å². The molecule has 0 aliphatic carbocycles. The summed E-state index contributed by atoms with van der Waals surface area (Å²) in [6.07, 6.45) is -6.48. The van der Waals surface area contributed by atoms with E-state index in [0.29, 0.717) is 27.3 Å². The minimum absolute atomic E-state index is 0.00665. The van der Waals surface area contributed by atoms with Crippen molar-refractivity contribution in [3.63, 3.8) is 0 Å². The van der Waals surface area contributed by atoms with Gasteiger partial charge in [-0.3, -0.25) is 23.9 Å². The smallest absolute Gasteiger partial charge is 0.416 e. The van der Waals surface area contributed by atoms with E-state index in [9.17, 15) is 37.1 Å². The number of hydrogen-bond acceptors (Lipinski definition) is 5. The number of rotatable bonds is 6. The summed E-state index contributed by atoms with van der Waals surface area (Å²) in [6, 6.07) is 5.83. The van der Waals surface area contributed by atoms with Crippen LogP contribution in [-0.4, -0.2) is 52.3 Å². The number of aromatic nitrogens is 1. The zero-order valence-electron chi connectivity index (χ0n) is 27.1. The molecule has 1 saturated heterocycles. The Kier molecular flexibility index (Phi) is 9.68. The van der Waals surface area contributed by atoms with Gasteiger partial charge in [-0.15, -0.1) is 0 Å². The minimum atomic E-state index is -4.99. The van der Waals surface area contributed by atoms with Crippen molar-refractivity contribution in [2.45, 2.75) is 51.1 Å². The summed E-state index contributed by atoms with van der Waals surface area (Å²) in [5.74, 6) is -4.49. The van der Waals surface area contributed by atoms with Gasteiger partial charge in [0.2, 0.25) is 5.91 Å². The van der Waals surface area contributed by atoms with E-state index in [4.69, 9.17) is 16.3 Å². The third-order valence-electron chi connectivity index (χ3n) is 9.00. The Balaban J connectivity index is 1.59. The van der Waals surface area contributed by atoms with E-state index >= 15 is 8.78 Å². The number of fused-ring (bicyclic) bond motifs is 6. The topological polar surface area (TPSA) is 101 Å². The van der Waals surface area contributed by atoms with Gasteiger partial charge in [-0.1, -0.05) is 11.6 Å². The van der Waals surface area contributed by atoms with Crippen LogP contribution in [0, 0.1) is 25.5 Å². The zero-order chi connectivity index (χ0) is 36.9. The van der Waals surface area contributed by atoms with Crippen LogP contribution < -0.4 is 15.6 Å². The van der Waals surface area contributed by atoms with Crippen LogP contribution in [0.4, 0.5) is 26.3 Å². The number of alkyl halides is 4. The second-order valence-corrected chi connectivity index (χ2v) is 13.1. The minimum Gasteiger partial charge on any atom is -0.481 e. The largest absolute Gasteiger partial charge is 0.481 e. The standard InChI is InChI=1S/C36H30ClF6N3O5/c1-17-8-21(37)10-29-32(17)20-7-18(2)33(40)25(9-20)28(13-31(48)49)44-35(50)34(24-11-23(51-29)3-4-27(24)39)46-14-19(5-6-45-15-22(38)16-45)26(12-30(46)47)36(41,42)43/h3-4,7-12,14,22,28,34H,5-6,13,15-16H2,1-2H3,(H,44,50)(H,48,49)/t28-,34-/m1/s1. The molecule has 51 heavy (non-hydrogen) atoms. The third-order valence-corrected chi connectivity index (χ3v) is 9.22. The number of ether oxygens (including phenoxy) is 1. The van der Waals surface area contributed by atoms with Crippen molar-refractivity contribution in [2.75, 3.05) is 19.6 Å². The highest BCUT2D eigenvalue weighted by atomic mass is 35.5. The van der Waals surface area contributed by atoms with Gasteiger partial charge >= 0.3 is 12.1 Å². The maximum absolute atomic E-state index is 15.9. The molecule has 2 aliphatic rings. The summed E-state index contributed by atoms with van der Waals surface area (Å²) >= 11 is 6.37. The van der Waals surface area contributed by atoms with E-state index in [1.165, 1.54) is 31.2 Å². The molecule has 2 N–H and O–H groups in total. The Morgan fingerprint density at radius 2 is 1.75 bits per heavy atom. The van der Waals surface area contributed by atoms with Gasteiger partial charge in [-0.05, 0) is 78.9 Å². The number of nitrogens with zero attached hydrogens (tertiary/aromatic N) is 2. The number of amides is 1. The summed E-state index contributed by atoms with van der Waals surface area (Å²) in [6.45, 7) is 3.16. The summed E-state index contributed by atoms with van der Waals surface area (Å²) in [5, 5.41) is 12.5. The van der Waals surface area contributed by atoms with E-state index in [2.05, 4.69) is 5.32 Å². The number of aliphatic carboxylic acids is 1. The molecule has 0 unspecified atom stereocenters. The third kappa shape index (κ3) is 7.33. The number of pyridine rings is 1. The molecule has 1 fully saturated rings. The molecule has 8 nitrogen and oxygen atoms in total. The van der Waals surface area contributed by atoms with Crippen LogP contribution in [0.15, 0.2) is 59.5 Å². The number of likely N-dealkylation sites (tertiary alicyclic amines) is 1. The van der Waals surface area contributed by atoms with Crippen LogP contribution in [0.2, 0.25) is 5.02 Å². The molecule has 15 heteroatoms. The van der Waals surface area contributed by atoms with E-state index in [1.807, 2.05) is 0 Å². The van der Waals surface area contributed by atoms with Crippen LogP contribution in [0.3, 0.4) is 0 Å². The molecule has 1 aromatic heterocycles. The van der Waals surface area contributed by atoms with Gasteiger partial charge in [-0.2, -0.15) is 13.2 Å². The molecule has 268 valence electrons. The van der Waals surface area contributed by atoms with Crippen LogP contribution in [0.5, 0.6) is 11.5 Å². The number of halogens is 7. The van der Waals surface area contributed by atoms with E-state index in [1.54, 1.807) is 17.9 Å². The van der Waals surface area contributed by atoms with Crippen LogP contribution in [0.1, 0.15) is 51.9 Å². The number of carbonyl (C=O) groups is 2. The first-order valence-corrected chi connectivity index (χ1v) is 16.2. The predicted octanol–water partition coefficient (Wildman–Crippen LogP) is 7.31. The van der Waals surface area contributed by atoms with Gasteiger partial charge in [0, 0.05) is 59.7 Å². The summed E-state index contributed by atoms with van der Waals surface area (Å²) in [4.78, 5) is 41.5. The van der Waals surface area contributed by atoms with Crippen molar-refractivity contribution in [2.24, 2.45) is 0 Å². The van der Waals surface area contributed by atoms with Crippen molar-refractivity contribution in [3.8, 4) is 22.6 Å². The molecule has 6 rings (SSSR count). The molecule has 4 aromatic rings. The van der Waals surface area contributed by atoms with Gasteiger partial charge in [0.15, 0.2) is 0 Å². The molecular formula is C36H30ClF6N3O5. The fourth-order valence-electron chi connectivity index (χ4n) is 6.59. The van der Waals surface area contributed by atoms with Crippen molar-refractivity contribution in [1.82, 2.24) is 14.8 Å². The predicted molar refractivity (Wildman–Crippen MR) is 175 cm³/mol. The van der Waals surface area contributed by atoms with E-state index in [0.717, 1.165) is 18.3 Å². The maximum atomic E-state index is 15.9. The first-order chi connectivity index (χ1) is 24.0. The van der Waals surface area contributed by atoms with E-state index < -0.39 is 76.6 Å². The van der Waals surface area contributed by atoms with Gasteiger partial charge < -0.3 is 15.2 Å². The fraction of sp³-hybridized carbons (Fsp3) is 0.306. The zero-order valence-corrected chi connectivity index (χ0v) is 27.8. The number of aryl methyl sites for hydroxylation is 2. The first kappa shape index (κ1) is 36.0. The molecule has 3 heterocycles. The van der Waals surface area contributed by atoms with Gasteiger partial charge in [-0.25, -0.2) is 13.2 Å². The van der Waals surface area contributed by atoms with Crippen LogP contribution in [0.25, 0.3) is 11.1 Å². The van der Waals surface area contributed by atoms with Gasteiger partial charge in [0.25, 0.3) is 5.56 Å². The fourth-order valence-corrected chi connectivity index (χ4v) is 6.85. The lowest BCUT2D eigenvalue weighted by Crippen LogP contribution is -2.49. The number of carbonyl (C=O) groups excluding carboxylic acids is 1. The van der Waals surface area contributed by atoms with Gasteiger partial charge in [0.05, 0.1) is 18.0 Å². The Bertz CT molecular complexity index is 2110. The molecule has 0 radical (unpaired) electrons. The Hall–Kier alpha value is -4.82. The first-order valence-electron chi connectivity index (χ1n) is 15.8. The lowest BCUT2D eigenvalue weighted by atomic mass is 9.92. The summed E-state index contributed by atoms with van der Waals surface area (Å²) in [7, 11) is 0. The molecule has 3 aromatic carbocycles. The maximum Gasteiger partial charge on any atom is 0.416 e. The number of carboxylic acid groups (broad SMARTS) is 1. The average Bonchev–Trinajstić information content (AvgIpc) is 3.01.